The van der Waals surface area contributed by atoms with Crippen molar-refractivity contribution in [3.63, 3.8) is 0 Å². The number of carbonyl (C=O) groups excluding carboxylic acids is 2. The molecular formula is C23H28F3N3O2S. The molecule has 3 saturated heterocycles. The van der Waals surface area contributed by atoms with Crippen LogP contribution in [0.15, 0.2) is 24.3 Å². The molecule has 5 rings (SSSR count). The lowest BCUT2D eigenvalue weighted by Crippen LogP contribution is -2.86. The van der Waals surface area contributed by atoms with E-state index in [1.807, 2.05) is 23.6 Å². The minimum absolute atomic E-state index is 0.0139. The van der Waals surface area contributed by atoms with Crippen molar-refractivity contribution in [1.82, 2.24) is 14.7 Å². The molecule has 3 aliphatic heterocycles. The van der Waals surface area contributed by atoms with Crippen molar-refractivity contribution in [2.75, 3.05) is 19.6 Å². The van der Waals surface area contributed by atoms with E-state index in [4.69, 9.17) is 0 Å². The second-order valence-electron chi connectivity index (χ2n) is 10.4. The Hall–Kier alpha value is -1.74. The summed E-state index contributed by atoms with van der Waals surface area (Å²) in [6.07, 6.45) is -1.36. The maximum atomic E-state index is 13.5. The van der Waals surface area contributed by atoms with Gasteiger partial charge < -0.3 is 4.90 Å². The molecule has 174 valence electrons. The molecule has 3 heterocycles. The van der Waals surface area contributed by atoms with Crippen molar-refractivity contribution < 1.29 is 22.8 Å². The van der Waals surface area contributed by atoms with E-state index in [9.17, 15) is 22.8 Å². The normalized spacial score (nSPS) is 34.3. The zero-order valence-electron chi connectivity index (χ0n) is 18.5. The molecule has 5 nitrogen and oxygen atoms in total. The Morgan fingerprint density at radius 2 is 1.81 bits per heavy atom. The monoisotopic (exact) mass is 467 g/mol. The Balaban J connectivity index is 1.33. The lowest BCUT2D eigenvalue weighted by Gasteiger charge is -2.70. The van der Waals surface area contributed by atoms with Gasteiger partial charge in [0.05, 0.1) is 18.0 Å². The smallest absolute Gasteiger partial charge is 0.334 e. The summed E-state index contributed by atoms with van der Waals surface area (Å²) in [5.74, 6) is -0.0918. The summed E-state index contributed by atoms with van der Waals surface area (Å²) < 4.78 is 38.5. The summed E-state index contributed by atoms with van der Waals surface area (Å²) in [5, 5.41) is 0.355. The zero-order chi connectivity index (χ0) is 23.1. The van der Waals surface area contributed by atoms with Crippen LogP contribution in [0.4, 0.5) is 13.2 Å². The SMILES string of the molecule is CC1(C)CCC2SC3N4CCN(C(=O)c5ccc(C(F)(F)F)cc5)CC4(C)N3C(=O)C2C1. The summed E-state index contributed by atoms with van der Waals surface area (Å²) in [6.45, 7) is 7.95. The van der Waals surface area contributed by atoms with Gasteiger partial charge in [-0.2, -0.15) is 13.2 Å². The zero-order valence-corrected chi connectivity index (χ0v) is 19.3. The fourth-order valence-electron chi connectivity index (χ4n) is 5.83. The standard InChI is InChI=1S/C23H28F3N3O2S/c1-21(2)9-8-17-16(12-21)19(31)29-20(32-17)28-11-10-27(13-22(28,29)3)18(30)14-4-6-15(7-5-14)23(24,25)26/h4-7,16-17,20H,8-13H2,1-3H3. The number of amides is 2. The van der Waals surface area contributed by atoms with Crippen molar-refractivity contribution in [3.05, 3.63) is 35.4 Å². The van der Waals surface area contributed by atoms with E-state index in [0.29, 0.717) is 24.9 Å². The summed E-state index contributed by atoms with van der Waals surface area (Å²) in [4.78, 5) is 32.5. The Bertz CT molecular complexity index is 951. The number of thioether (sulfide) groups is 1. The highest BCUT2D eigenvalue weighted by Gasteiger charge is 2.65. The van der Waals surface area contributed by atoms with Crippen molar-refractivity contribution in [2.24, 2.45) is 11.3 Å². The van der Waals surface area contributed by atoms with Gasteiger partial charge in [0.15, 0.2) is 0 Å². The van der Waals surface area contributed by atoms with Gasteiger partial charge in [0.2, 0.25) is 5.91 Å². The molecule has 9 heteroatoms. The van der Waals surface area contributed by atoms with Gasteiger partial charge in [-0.15, -0.1) is 11.8 Å². The summed E-state index contributed by atoms with van der Waals surface area (Å²) >= 11 is 1.88. The molecule has 1 aromatic carbocycles. The second-order valence-corrected chi connectivity index (χ2v) is 11.7. The van der Waals surface area contributed by atoms with Crippen LogP contribution >= 0.6 is 11.8 Å². The van der Waals surface area contributed by atoms with Gasteiger partial charge in [0, 0.05) is 23.9 Å². The molecule has 4 atom stereocenters. The quantitative estimate of drug-likeness (QED) is 0.620. The molecule has 0 radical (unpaired) electrons. The highest BCUT2D eigenvalue weighted by molar-refractivity contribution is 8.00. The lowest BCUT2D eigenvalue weighted by atomic mass is 9.71. The van der Waals surface area contributed by atoms with Crippen molar-refractivity contribution in [3.8, 4) is 0 Å². The number of hydrogen-bond acceptors (Lipinski definition) is 4. The number of piperazine rings is 1. The molecule has 0 N–H and O–H groups in total. The van der Waals surface area contributed by atoms with Gasteiger partial charge in [-0.1, -0.05) is 13.8 Å². The van der Waals surface area contributed by atoms with Gasteiger partial charge in [-0.3, -0.25) is 14.5 Å². The molecule has 0 bridgehead atoms. The van der Waals surface area contributed by atoms with E-state index in [0.717, 1.165) is 31.4 Å². The van der Waals surface area contributed by atoms with Gasteiger partial charge in [0.25, 0.3) is 5.91 Å². The Morgan fingerprint density at radius 3 is 2.47 bits per heavy atom. The Kier molecular flexibility index (Phi) is 4.92. The fraction of sp³-hybridized carbons (Fsp3) is 0.652. The number of alkyl halides is 3. The predicted molar refractivity (Wildman–Crippen MR) is 116 cm³/mol. The average molecular weight is 468 g/mol. The van der Waals surface area contributed by atoms with Crippen LogP contribution in [0.2, 0.25) is 0 Å². The maximum Gasteiger partial charge on any atom is 0.416 e. The maximum absolute atomic E-state index is 13.5. The first-order valence-corrected chi connectivity index (χ1v) is 12.1. The number of halogens is 3. The van der Waals surface area contributed by atoms with Crippen LogP contribution in [0.25, 0.3) is 0 Å². The van der Waals surface area contributed by atoms with Crippen LogP contribution in [0.5, 0.6) is 0 Å². The second kappa shape index (κ2) is 7.13. The Morgan fingerprint density at radius 1 is 1.12 bits per heavy atom. The molecule has 2 amide bonds. The number of carbonyl (C=O) groups is 2. The molecule has 1 aromatic rings. The topological polar surface area (TPSA) is 43.9 Å². The van der Waals surface area contributed by atoms with Crippen molar-refractivity contribution in [2.45, 2.75) is 62.6 Å². The first kappa shape index (κ1) is 22.1. The molecule has 0 aromatic heterocycles. The van der Waals surface area contributed by atoms with E-state index in [1.165, 1.54) is 12.1 Å². The molecule has 4 aliphatic rings. The molecule has 1 saturated carbocycles. The van der Waals surface area contributed by atoms with E-state index in [-0.39, 0.29) is 34.2 Å². The molecule has 4 fully saturated rings. The van der Waals surface area contributed by atoms with Crippen LogP contribution in [0.3, 0.4) is 0 Å². The number of benzene rings is 1. The third-order valence-corrected chi connectivity index (χ3v) is 9.27. The number of rotatable bonds is 1. The molecule has 32 heavy (non-hydrogen) atoms. The molecule has 1 aliphatic carbocycles. The van der Waals surface area contributed by atoms with Crippen molar-refractivity contribution >= 4 is 23.6 Å². The van der Waals surface area contributed by atoms with E-state index in [1.54, 1.807) is 4.90 Å². The number of nitrogens with zero attached hydrogens (tertiary/aromatic N) is 3. The van der Waals surface area contributed by atoms with Crippen molar-refractivity contribution in [1.29, 1.82) is 0 Å². The Labute approximate surface area is 190 Å². The van der Waals surface area contributed by atoms with Gasteiger partial charge in [0.1, 0.15) is 11.2 Å². The first-order valence-electron chi connectivity index (χ1n) is 11.1. The van der Waals surface area contributed by atoms with Crippen LogP contribution < -0.4 is 0 Å². The van der Waals surface area contributed by atoms with Crippen LogP contribution in [0, 0.1) is 11.3 Å². The van der Waals surface area contributed by atoms with Crippen LogP contribution in [-0.4, -0.2) is 62.6 Å². The summed E-state index contributed by atoms with van der Waals surface area (Å²) in [5.41, 5.74) is -0.917. The van der Waals surface area contributed by atoms with Gasteiger partial charge in [-0.05, 0) is 55.9 Å². The highest BCUT2D eigenvalue weighted by Crippen LogP contribution is 2.56. The molecule has 4 unspecified atom stereocenters. The fourth-order valence-corrected chi connectivity index (χ4v) is 7.73. The third-order valence-electron chi connectivity index (χ3n) is 7.65. The number of fused-ring (bicyclic) bond motifs is 5. The highest BCUT2D eigenvalue weighted by atomic mass is 32.2. The van der Waals surface area contributed by atoms with Crippen LogP contribution in [0.1, 0.15) is 56.0 Å². The minimum atomic E-state index is -4.43. The van der Waals surface area contributed by atoms with Gasteiger partial charge >= 0.3 is 6.18 Å². The van der Waals surface area contributed by atoms with E-state index in [2.05, 4.69) is 18.7 Å². The van der Waals surface area contributed by atoms with E-state index < -0.39 is 17.4 Å². The molecule has 0 spiro atoms. The number of hydrogen-bond donors (Lipinski definition) is 0. The van der Waals surface area contributed by atoms with Crippen LogP contribution in [-0.2, 0) is 11.0 Å². The lowest BCUT2D eigenvalue weighted by molar-refractivity contribution is -0.232. The molecular weight excluding hydrogens is 439 g/mol. The van der Waals surface area contributed by atoms with E-state index >= 15 is 0 Å². The third kappa shape index (κ3) is 3.34. The van der Waals surface area contributed by atoms with Gasteiger partial charge in [-0.25, -0.2) is 4.90 Å². The average Bonchev–Trinajstić information content (AvgIpc) is 2.71. The summed E-state index contributed by atoms with van der Waals surface area (Å²) in [6, 6.07) is 4.36. The predicted octanol–water partition coefficient (Wildman–Crippen LogP) is 4.25. The largest absolute Gasteiger partial charge is 0.416 e. The first-order chi connectivity index (χ1) is 14.9. The summed E-state index contributed by atoms with van der Waals surface area (Å²) in [7, 11) is 0. The minimum Gasteiger partial charge on any atom is -0.334 e.